The average Bonchev–Trinajstić information content (AvgIpc) is 3.53. The second kappa shape index (κ2) is 19.7. The molecule has 2 aliphatic heterocycles. The lowest BCUT2D eigenvalue weighted by atomic mass is 9.92. The smallest absolute Gasteiger partial charge is 0.303 e. The number of hydrogen-bond acceptors (Lipinski definition) is 10. The monoisotopic (exact) mass is 730 g/mol. The molecular weight excluding hydrogens is 676 g/mol. The second-order valence-corrected chi connectivity index (χ2v) is 14.1. The van der Waals surface area contributed by atoms with Crippen molar-refractivity contribution < 1.29 is 43.8 Å². The number of rotatable bonds is 20. The summed E-state index contributed by atoms with van der Waals surface area (Å²) < 4.78 is 0. The summed E-state index contributed by atoms with van der Waals surface area (Å²) in [4.78, 5) is 91.7. The number of nitrogens with one attached hydrogen (secondary N) is 4. The highest BCUT2D eigenvalue weighted by Crippen LogP contribution is 2.35. The Kier molecular flexibility index (Phi) is 15.8. The molecule has 1 aromatic rings. The molecule has 3 rings (SSSR count). The molecule has 2 fully saturated rings. The molecule has 17 heteroatoms. The zero-order valence-electron chi connectivity index (χ0n) is 29.8. The van der Waals surface area contributed by atoms with Gasteiger partial charge in [0.2, 0.25) is 35.4 Å². The summed E-state index contributed by atoms with van der Waals surface area (Å²) in [6, 6.07) is 0.765. The van der Waals surface area contributed by atoms with E-state index < -0.39 is 78.1 Å². The van der Waals surface area contributed by atoms with Crippen LogP contribution in [0.4, 0.5) is 0 Å². The van der Waals surface area contributed by atoms with Crippen molar-refractivity contribution in [2.45, 2.75) is 114 Å². The first-order chi connectivity index (χ1) is 24.6. The number of amides is 6. The van der Waals surface area contributed by atoms with Crippen LogP contribution in [0.25, 0.3) is 0 Å². The van der Waals surface area contributed by atoms with Crippen LogP contribution in [0.3, 0.4) is 0 Å². The third kappa shape index (κ3) is 12.2. The van der Waals surface area contributed by atoms with Crippen LogP contribution in [-0.2, 0) is 40.0 Å². The number of nitrogens with two attached hydrogens (primary N) is 3. The van der Waals surface area contributed by atoms with Gasteiger partial charge in [-0.1, -0.05) is 26.0 Å². The molecule has 0 aliphatic carbocycles. The SMILES string of the molecule is CC(C)C[C@@H](NC(=O)[C@@H](CCC(=O)O)NC(=O)C1CC[C@H]2CC[C@@H](CNC(=O)[C@@H](Cc3ccc(O)cc3)NC(=O)[C@H](N)CCCN)C(=O)N12)C(N)=O. The van der Waals surface area contributed by atoms with Crippen molar-refractivity contribution >= 4 is 41.4 Å². The van der Waals surface area contributed by atoms with E-state index in [9.17, 15) is 43.8 Å². The normalized spacial score (nSPS) is 20.6. The Hall–Kier alpha value is -4.77. The molecule has 1 aromatic carbocycles. The number of aromatic hydroxyl groups is 1. The molecular formula is C35H54N8O9. The molecule has 1 unspecified atom stereocenters. The van der Waals surface area contributed by atoms with E-state index in [1.54, 1.807) is 12.1 Å². The van der Waals surface area contributed by atoms with Gasteiger partial charge in [0.15, 0.2) is 0 Å². The van der Waals surface area contributed by atoms with Gasteiger partial charge in [-0.3, -0.25) is 33.6 Å². The number of piperidine rings is 1. The number of nitrogens with zero attached hydrogens (tertiary/aromatic N) is 1. The van der Waals surface area contributed by atoms with E-state index in [4.69, 9.17) is 17.2 Å². The zero-order valence-corrected chi connectivity index (χ0v) is 29.8. The van der Waals surface area contributed by atoms with Crippen molar-refractivity contribution in [2.75, 3.05) is 13.1 Å². The predicted octanol–water partition coefficient (Wildman–Crippen LogP) is -1.26. The Morgan fingerprint density at radius 2 is 1.54 bits per heavy atom. The van der Waals surface area contributed by atoms with Gasteiger partial charge in [0.1, 0.15) is 29.9 Å². The molecule has 0 radical (unpaired) electrons. The first kappa shape index (κ1) is 41.6. The summed E-state index contributed by atoms with van der Waals surface area (Å²) in [5.41, 5.74) is 17.7. The average molecular weight is 731 g/mol. The van der Waals surface area contributed by atoms with Crippen LogP contribution >= 0.6 is 0 Å². The van der Waals surface area contributed by atoms with E-state index in [2.05, 4.69) is 21.3 Å². The number of phenolic OH excluding ortho intramolecular Hbond substituents is 1. The molecule has 0 saturated carbocycles. The number of carboxylic acid groups (broad SMARTS) is 1. The molecule has 17 nitrogen and oxygen atoms in total. The van der Waals surface area contributed by atoms with E-state index in [-0.39, 0.29) is 49.4 Å². The number of aliphatic carboxylic acids is 1. The lowest BCUT2D eigenvalue weighted by Crippen LogP contribution is -2.59. The van der Waals surface area contributed by atoms with Crippen molar-refractivity contribution in [1.29, 1.82) is 0 Å². The van der Waals surface area contributed by atoms with Gasteiger partial charge in [0.25, 0.3) is 0 Å². The number of carbonyl (C=O) groups excluding carboxylic acids is 6. The third-order valence-electron chi connectivity index (χ3n) is 9.49. The molecule has 0 spiro atoms. The molecule has 12 N–H and O–H groups in total. The number of hydrogen-bond donors (Lipinski definition) is 9. The van der Waals surface area contributed by atoms with E-state index in [1.807, 2.05) is 13.8 Å². The molecule has 52 heavy (non-hydrogen) atoms. The highest BCUT2D eigenvalue weighted by molar-refractivity contribution is 5.95. The van der Waals surface area contributed by atoms with Crippen LogP contribution in [0.2, 0.25) is 0 Å². The Bertz CT molecular complexity index is 1440. The topological polar surface area (TPSA) is 289 Å². The van der Waals surface area contributed by atoms with Gasteiger partial charge in [-0.25, -0.2) is 0 Å². The maximum atomic E-state index is 13.8. The van der Waals surface area contributed by atoms with Crippen LogP contribution in [0, 0.1) is 11.8 Å². The molecule has 6 amide bonds. The second-order valence-electron chi connectivity index (χ2n) is 14.1. The fourth-order valence-electron chi connectivity index (χ4n) is 6.64. The van der Waals surface area contributed by atoms with Gasteiger partial charge in [0, 0.05) is 25.4 Å². The first-order valence-corrected chi connectivity index (χ1v) is 17.9. The summed E-state index contributed by atoms with van der Waals surface area (Å²) in [7, 11) is 0. The molecule has 288 valence electrons. The standard InChI is InChI=1S/C35H54N8O9/c1-19(2)16-26(30(38)47)41-33(50)25(12-14-29(45)46)40-34(51)28-13-9-22-8-7-21(35(52)43(22)28)18-39-32(49)27(17-20-5-10-23(44)11-6-20)42-31(48)24(37)4-3-15-36/h5-6,10-11,19,21-22,24-28,44H,3-4,7-9,12-18,36-37H2,1-2H3,(H2,38,47)(H,39,49)(H,40,51)(H,41,50)(H,42,48)(H,45,46)/t21-,22+,24+,25+,26+,27+,28?/m0/s1. The van der Waals surface area contributed by atoms with Crippen LogP contribution in [-0.4, -0.2) is 106 Å². The molecule has 2 aliphatic rings. The Morgan fingerprint density at radius 3 is 2.15 bits per heavy atom. The minimum atomic E-state index is -1.30. The molecule has 7 atom stereocenters. The van der Waals surface area contributed by atoms with E-state index in [0.717, 1.165) is 0 Å². The lowest BCUT2D eigenvalue weighted by molar-refractivity contribution is -0.147. The fourth-order valence-corrected chi connectivity index (χ4v) is 6.64. The highest BCUT2D eigenvalue weighted by atomic mass is 16.4. The fraction of sp³-hybridized carbons (Fsp3) is 0.629. The third-order valence-corrected chi connectivity index (χ3v) is 9.49. The highest BCUT2D eigenvalue weighted by Gasteiger charge is 2.46. The Labute approximate surface area is 303 Å². The first-order valence-electron chi connectivity index (χ1n) is 17.9. The van der Waals surface area contributed by atoms with Crippen LogP contribution < -0.4 is 38.5 Å². The maximum Gasteiger partial charge on any atom is 0.303 e. The number of fused-ring (bicyclic) bond motifs is 1. The number of benzene rings is 1. The molecule has 2 saturated heterocycles. The van der Waals surface area contributed by atoms with Gasteiger partial charge in [0.05, 0.1) is 12.0 Å². The summed E-state index contributed by atoms with van der Waals surface area (Å²) in [6.45, 7) is 3.97. The molecule has 0 aromatic heterocycles. The van der Waals surface area contributed by atoms with Crippen molar-refractivity contribution in [3.63, 3.8) is 0 Å². The van der Waals surface area contributed by atoms with Gasteiger partial charge in [-0.2, -0.15) is 0 Å². The van der Waals surface area contributed by atoms with Gasteiger partial charge >= 0.3 is 5.97 Å². The maximum absolute atomic E-state index is 13.8. The van der Waals surface area contributed by atoms with E-state index in [0.29, 0.717) is 50.6 Å². The van der Waals surface area contributed by atoms with Crippen LogP contribution in [0.1, 0.15) is 77.2 Å². The summed E-state index contributed by atoms with van der Waals surface area (Å²) in [5.74, 6) is -5.39. The largest absolute Gasteiger partial charge is 0.508 e. The summed E-state index contributed by atoms with van der Waals surface area (Å²) in [5, 5.41) is 29.5. The zero-order chi connectivity index (χ0) is 38.5. The Balaban J connectivity index is 1.69. The van der Waals surface area contributed by atoms with Crippen molar-refractivity contribution in [2.24, 2.45) is 29.0 Å². The van der Waals surface area contributed by atoms with Crippen molar-refractivity contribution in [3.05, 3.63) is 29.8 Å². The minimum Gasteiger partial charge on any atom is -0.508 e. The summed E-state index contributed by atoms with van der Waals surface area (Å²) >= 11 is 0. The number of carboxylic acids is 1. The number of primary amides is 1. The molecule has 0 bridgehead atoms. The number of carbonyl (C=O) groups is 7. The van der Waals surface area contributed by atoms with Gasteiger partial charge < -0.3 is 53.6 Å². The van der Waals surface area contributed by atoms with E-state index >= 15 is 0 Å². The van der Waals surface area contributed by atoms with Crippen LogP contribution in [0.5, 0.6) is 5.75 Å². The minimum absolute atomic E-state index is 0.0109. The van der Waals surface area contributed by atoms with Crippen molar-refractivity contribution in [1.82, 2.24) is 26.2 Å². The van der Waals surface area contributed by atoms with Crippen LogP contribution in [0.15, 0.2) is 24.3 Å². The van der Waals surface area contributed by atoms with Gasteiger partial charge in [-0.15, -0.1) is 0 Å². The summed E-state index contributed by atoms with van der Waals surface area (Å²) in [6.07, 6.45) is 2.37. The molecule has 2 heterocycles. The van der Waals surface area contributed by atoms with Gasteiger partial charge in [-0.05, 0) is 81.5 Å². The van der Waals surface area contributed by atoms with E-state index in [1.165, 1.54) is 17.0 Å². The predicted molar refractivity (Wildman–Crippen MR) is 189 cm³/mol. The van der Waals surface area contributed by atoms with Crippen molar-refractivity contribution in [3.8, 4) is 5.75 Å². The quantitative estimate of drug-likeness (QED) is 0.0763. The number of phenols is 1. The Morgan fingerprint density at radius 1 is 0.885 bits per heavy atom. The lowest BCUT2D eigenvalue weighted by Gasteiger charge is -2.38.